The van der Waals surface area contributed by atoms with Crippen molar-refractivity contribution in [1.82, 2.24) is 0 Å². The molecular weight excluding hydrogens is 346 g/mol. The summed E-state index contributed by atoms with van der Waals surface area (Å²) < 4.78 is 23.3. The molecule has 1 aliphatic heterocycles. The number of hydrogen-bond donors (Lipinski definition) is 1. The second-order valence-electron chi connectivity index (χ2n) is 7.49. The van der Waals surface area contributed by atoms with Crippen LogP contribution in [0.2, 0.25) is 0 Å². The normalized spacial score (nSPS) is 28.1. The SMILES string of the molecule is CC(C)CCO[C@H]1[C@H](C)OC(=O)[C@@H]([NH3+])COC[C@@H]1OCCC(C)C.[Cl-]. The summed E-state index contributed by atoms with van der Waals surface area (Å²) in [5.41, 5.74) is 3.80. The highest BCUT2D eigenvalue weighted by molar-refractivity contribution is 5.74. The summed E-state index contributed by atoms with van der Waals surface area (Å²) in [6.45, 7) is 12.4. The Hall–Kier alpha value is -0.400. The lowest BCUT2D eigenvalue weighted by atomic mass is 10.1. The van der Waals surface area contributed by atoms with E-state index in [9.17, 15) is 4.79 Å². The summed E-state index contributed by atoms with van der Waals surface area (Å²) in [5, 5.41) is 0. The smallest absolute Gasteiger partial charge is 0.367 e. The first-order valence-corrected chi connectivity index (χ1v) is 9.15. The van der Waals surface area contributed by atoms with Crippen molar-refractivity contribution in [3.05, 3.63) is 0 Å². The molecule has 1 heterocycles. The van der Waals surface area contributed by atoms with Gasteiger partial charge in [-0.05, 0) is 31.6 Å². The molecule has 25 heavy (non-hydrogen) atoms. The number of ether oxygens (including phenoxy) is 4. The second-order valence-corrected chi connectivity index (χ2v) is 7.49. The number of carbonyl (C=O) groups is 1. The molecule has 6 nitrogen and oxygen atoms in total. The van der Waals surface area contributed by atoms with E-state index >= 15 is 0 Å². The topological polar surface area (TPSA) is 81.6 Å². The van der Waals surface area contributed by atoms with Crippen LogP contribution in [0.25, 0.3) is 0 Å². The Bertz CT molecular complexity index is 367. The minimum absolute atomic E-state index is 0. The lowest BCUT2D eigenvalue weighted by molar-refractivity contribution is -0.415. The van der Waals surface area contributed by atoms with E-state index in [0.717, 1.165) is 12.8 Å². The van der Waals surface area contributed by atoms with Crippen molar-refractivity contribution < 1.29 is 41.9 Å². The van der Waals surface area contributed by atoms with Gasteiger partial charge in [-0.1, -0.05) is 27.7 Å². The van der Waals surface area contributed by atoms with Gasteiger partial charge in [-0.25, -0.2) is 4.79 Å². The van der Waals surface area contributed by atoms with Crippen molar-refractivity contribution >= 4 is 5.97 Å². The Labute approximate surface area is 158 Å². The van der Waals surface area contributed by atoms with Crippen LogP contribution in [0.3, 0.4) is 0 Å². The number of quaternary nitrogens is 1. The lowest BCUT2D eigenvalue weighted by Gasteiger charge is -2.31. The van der Waals surface area contributed by atoms with Crippen molar-refractivity contribution in [3.8, 4) is 0 Å². The molecule has 0 spiro atoms. The van der Waals surface area contributed by atoms with Crippen LogP contribution in [0, 0.1) is 11.8 Å². The second kappa shape index (κ2) is 12.9. The Morgan fingerprint density at radius 3 is 2.20 bits per heavy atom. The largest absolute Gasteiger partial charge is 1.00 e. The fraction of sp³-hybridized carbons (Fsp3) is 0.944. The molecule has 1 rings (SSSR count). The van der Waals surface area contributed by atoms with Crippen LogP contribution in [0.5, 0.6) is 0 Å². The molecular formula is C18H36ClNO5. The highest BCUT2D eigenvalue weighted by Gasteiger charge is 2.35. The predicted octanol–water partition coefficient (Wildman–Crippen LogP) is -1.57. The number of esters is 1. The van der Waals surface area contributed by atoms with Gasteiger partial charge in [0, 0.05) is 13.2 Å². The van der Waals surface area contributed by atoms with Crippen molar-refractivity contribution in [2.45, 2.75) is 71.8 Å². The number of rotatable bonds is 8. The van der Waals surface area contributed by atoms with E-state index in [1.807, 2.05) is 6.92 Å². The first-order valence-electron chi connectivity index (χ1n) is 9.15. The van der Waals surface area contributed by atoms with E-state index < -0.39 is 6.04 Å². The number of halogens is 1. The first kappa shape index (κ1) is 24.6. The third-order valence-corrected chi connectivity index (χ3v) is 4.10. The highest BCUT2D eigenvalue weighted by Crippen LogP contribution is 2.17. The molecule has 0 aromatic carbocycles. The van der Waals surface area contributed by atoms with Crippen LogP contribution in [-0.4, -0.2) is 56.8 Å². The van der Waals surface area contributed by atoms with E-state index in [0.29, 0.717) is 31.7 Å². The van der Waals surface area contributed by atoms with Gasteiger partial charge in [0.25, 0.3) is 0 Å². The van der Waals surface area contributed by atoms with E-state index in [4.69, 9.17) is 18.9 Å². The minimum atomic E-state index is -0.516. The Balaban J connectivity index is 0.00000576. The van der Waals surface area contributed by atoms with Gasteiger partial charge in [0.05, 0.1) is 6.61 Å². The van der Waals surface area contributed by atoms with Gasteiger partial charge in [0.2, 0.25) is 6.04 Å². The van der Waals surface area contributed by atoms with Crippen molar-refractivity contribution in [1.29, 1.82) is 0 Å². The molecule has 1 aliphatic rings. The molecule has 0 radical (unpaired) electrons. The van der Waals surface area contributed by atoms with Crippen LogP contribution >= 0.6 is 0 Å². The van der Waals surface area contributed by atoms with Crippen LogP contribution in [-0.2, 0) is 23.7 Å². The molecule has 0 amide bonds. The highest BCUT2D eigenvalue weighted by atomic mass is 35.5. The average molecular weight is 382 g/mol. The predicted molar refractivity (Wildman–Crippen MR) is 91.4 cm³/mol. The molecule has 0 aliphatic carbocycles. The number of carbonyl (C=O) groups excluding carboxylic acids is 1. The number of cyclic esters (lactones) is 1. The molecule has 1 fully saturated rings. The fourth-order valence-electron chi connectivity index (χ4n) is 2.42. The quantitative estimate of drug-likeness (QED) is 0.513. The standard InChI is InChI=1S/C18H35NO5.ClH/c1-12(2)6-8-22-16-11-21-10-15(19)18(20)24-14(5)17(16)23-9-7-13(3)4;/h12-17H,6-11,19H2,1-5H3;1H/t14-,15-,16-,17-;/m0./s1. The molecule has 3 N–H and O–H groups in total. The summed E-state index contributed by atoms with van der Waals surface area (Å²) in [7, 11) is 0. The summed E-state index contributed by atoms with van der Waals surface area (Å²) in [6.07, 6.45) is 0.963. The zero-order chi connectivity index (χ0) is 18.1. The monoisotopic (exact) mass is 381 g/mol. The van der Waals surface area contributed by atoms with E-state index in [2.05, 4.69) is 33.4 Å². The Kier molecular flexibility index (Phi) is 12.7. The first-order chi connectivity index (χ1) is 11.3. The average Bonchev–Trinajstić information content (AvgIpc) is 2.52. The third kappa shape index (κ3) is 9.75. The van der Waals surface area contributed by atoms with Gasteiger partial charge in [-0.2, -0.15) is 0 Å². The van der Waals surface area contributed by atoms with E-state index in [1.54, 1.807) is 0 Å². The summed E-state index contributed by atoms with van der Waals surface area (Å²) >= 11 is 0. The molecule has 0 aromatic rings. The summed E-state index contributed by atoms with van der Waals surface area (Å²) in [5.74, 6) is 0.782. The molecule has 7 heteroatoms. The van der Waals surface area contributed by atoms with Crippen molar-refractivity contribution in [2.24, 2.45) is 11.8 Å². The van der Waals surface area contributed by atoms with E-state index in [1.165, 1.54) is 0 Å². The van der Waals surface area contributed by atoms with Gasteiger partial charge in [0.15, 0.2) is 0 Å². The van der Waals surface area contributed by atoms with Gasteiger partial charge >= 0.3 is 5.97 Å². The van der Waals surface area contributed by atoms with Gasteiger partial charge in [0.1, 0.15) is 24.9 Å². The van der Waals surface area contributed by atoms with Crippen LogP contribution in [0.4, 0.5) is 0 Å². The van der Waals surface area contributed by atoms with Crippen LogP contribution < -0.4 is 18.1 Å². The number of hydrogen-bond acceptors (Lipinski definition) is 5. The maximum Gasteiger partial charge on any atom is 0.367 e. The van der Waals surface area contributed by atoms with Crippen LogP contribution in [0.1, 0.15) is 47.5 Å². The third-order valence-electron chi connectivity index (χ3n) is 4.10. The van der Waals surface area contributed by atoms with E-state index in [-0.39, 0.29) is 43.3 Å². The van der Waals surface area contributed by atoms with Crippen molar-refractivity contribution in [2.75, 3.05) is 26.4 Å². The van der Waals surface area contributed by atoms with Crippen molar-refractivity contribution in [3.63, 3.8) is 0 Å². The summed E-state index contributed by atoms with van der Waals surface area (Å²) in [4.78, 5) is 12.0. The van der Waals surface area contributed by atoms with Gasteiger partial charge < -0.3 is 37.1 Å². The van der Waals surface area contributed by atoms with Gasteiger partial charge in [-0.15, -0.1) is 0 Å². The molecule has 4 atom stereocenters. The fourth-order valence-corrected chi connectivity index (χ4v) is 2.42. The maximum absolute atomic E-state index is 12.0. The lowest BCUT2D eigenvalue weighted by Crippen LogP contribution is -3.00. The molecule has 0 saturated carbocycles. The zero-order valence-corrected chi connectivity index (χ0v) is 17.1. The minimum Gasteiger partial charge on any atom is -1.00 e. The Morgan fingerprint density at radius 1 is 1.08 bits per heavy atom. The molecule has 0 unspecified atom stereocenters. The van der Waals surface area contributed by atoms with Gasteiger partial charge in [-0.3, -0.25) is 0 Å². The molecule has 1 saturated heterocycles. The summed E-state index contributed by atoms with van der Waals surface area (Å²) in [6, 6.07) is -0.516. The molecule has 150 valence electrons. The Morgan fingerprint density at radius 2 is 1.64 bits per heavy atom. The van der Waals surface area contributed by atoms with Crippen LogP contribution in [0.15, 0.2) is 0 Å². The molecule has 0 bridgehead atoms. The zero-order valence-electron chi connectivity index (χ0n) is 16.3. The maximum atomic E-state index is 12.0. The molecule has 0 aromatic heterocycles.